The van der Waals surface area contributed by atoms with Crippen molar-refractivity contribution in [1.29, 1.82) is 0 Å². The molecule has 1 unspecified atom stereocenters. The number of hydrogen-bond acceptors (Lipinski definition) is 3. The van der Waals surface area contributed by atoms with Crippen LogP contribution >= 0.6 is 0 Å². The lowest BCUT2D eigenvalue weighted by Gasteiger charge is -2.64. The van der Waals surface area contributed by atoms with E-state index in [1.807, 2.05) is 6.92 Å². The molecule has 0 amide bonds. The summed E-state index contributed by atoms with van der Waals surface area (Å²) in [7, 11) is 0. The third-order valence-electron chi connectivity index (χ3n) is 11.4. The van der Waals surface area contributed by atoms with E-state index < -0.39 is 0 Å². The second-order valence-electron chi connectivity index (χ2n) is 12.6. The summed E-state index contributed by atoms with van der Waals surface area (Å²) in [6.45, 7) is 15.1. The van der Waals surface area contributed by atoms with Crippen molar-refractivity contribution in [3.8, 4) is 0 Å². The predicted molar refractivity (Wildman–Crippen MR) is 125 cm³/mol. The molecule has 0 aromatic heterocycles. The van der Waals surface area contributed by atoms with Gasteiger partial charge in [-0.05, 0) is 116 Å². The zero-order valence-electron chi connectivity index (χ0n) is 21.0. The highest BCUT2D eigenvalue weighted by Crippen LogP contribution is 2.70. The van der Waals surface area contributed by atoms with Crippen molar-refractivity contribution in [2.24, 2.45) is 58.2 Å². The highest BCUT2D eigenvalue weighted by Gasteiger charge is 2.64. The smallest absolute Gasteiger partial charge is 0.305 e. The van der Waals surface area contributed by atoms with Crippen LogP contribution in [0.3, 0.4) is 0 Å². The lowest BCUT2D eigenvalue weighted by Crippen LogP contribution is -2.58. The maximum Gasteiger partial charge on any atom is 0.305 e. The Morgan fingerprint density at radius 2 is 1.84 bits per heavy atom. The zero-order valence-corrected chi connectivity index (χ0v) is 21.0. The summed E-state index contributed by atoms with van der Waals surface area (Å²) in [6, 6.07) is 0. The van der Waals surface area contributed by atoms with Crippen molar-refractivity contribution < 1.29 is 14.6 Å². The van der Waals surface area contributed by atoms with E-state index in [9.17, 15) is 9.90 Å². The minimum atomic E-state index is -0.0655. The summed E-state index contributed by atoms with van der Waals surface area (Å²) in [6.07, 6.45) is 10.2. The van der Waals surface area contributed by atoms with Gasteiger partial charge in [0.25, 0.3) is 0 Å². The molecule has 11 atom stereocenters. The summed E-state index contributed by atoms with van der Waals surface area (Å²) in [5, 5.41) is 10.4. The molecule has 0 heterocycles. The highest BCUT2D eigenvalue weighted by atomic mass is 16.5. The SMILES string of the molecule is CCOC(=O)CC[C@@H](C)[C@H]1CCC2[C@@H]3[C@H](C)C[C@@H]4C[C@H](O)CC[C@]4(C)[C@H]3C[C@H](C)[C@@]21C. The van der Waals surface area contributed by atoms with Gasteiger partial charge < -0.3 is 9.84 Å². The quantitative estimate of drug-likeness (QED) is 0.506. The number of carbonyl (C=O) groups is 1. The van der Waals surface area contributed by atoms with Crippen molar-refractivity contribution in [3.63, 3.8) is 0 Å². The molecular weight excluding hydrogens is 384 g/mol. The Bertz CT molecular complexity index is 661. The fourth-order valence-corrected chi connectivity index (χ4v) is 9.70. The van der Waals surface area contributed by atoms with E-state index in [0.29, 0.717) is 35.7 Å². The van der Waals surface area contributed by atoms with Crippen LogP contribution in [0.25, 0.3) is 0 Å². The third kappa shape index (κ3) is 3.79. The van der Waals surface area contributed by atoms with Gasteiger partial charge >= 0.3 is 5.97 Å². The van der Waals surface area contributed by atoms with Crippen LogP contribution in [-0.4, -0.2) is 23.8 Å². The molecule has 0 aliphatic heterocycles. The van der Waals surface area contributed by atoms with Gasteiger partial charge in [-0.3, -0.25) is 4.79 Å². The topological polar surface area (TPSA) is 46.5 Å². The van der Waals surface area contributed by atoms with Crippen LogP contribution in [0, 0.1) is 58.2 Å². The van der Waals surface area contributed by atoms with Crippen molar-refractivity contribution in [2.45, 2.75) is 105 Å². The van der Waals surface area contributed by atoms with Crippen LogP contribution in [0.4, 0.5) is 0 Å². The van der Waals surface area contributed by atoms with Gasteiger partial charge in [-0.15, -0.1) is 0 Å². The second kappa shape index (κ2) is 8.65. The molecule has 0 bridgehead atoms. The standard InChI is InChI=1S/C28H48O3/c1-7-31-25(30)11-8-17(2)22-9-10-23-26-18(3)14-20-16-21(29)12-13-27(20,5)24(26)15-19(4)28(22,23)6/h17-24,26,29H,7-16H2,1-6H3/t17-,18-,19+,20-,21-,22-,23?,24+,26+,27+,28-/m1/s1. The summed E-state index contributed by atoms with van der Waals surface area (Å²) >= 11 is 0. The molecule has 4 aliphatic rings. The number of aliphatic hydroxyl groups excluding tert-OH is 1. The third-order valence-corrected chi connectivity index (χ3v) is 11.4. The normalized spacial score (nSPS) is 50.2. The van der Waals surface area contributed by atoms with Gasteiger partial charge in [0.05, 0.1) is 12.7 Å². The Morgan fingerprint density at radius 3 is 2.55 bits per heavy atom. The van der Waals surface area contributed by atoms with Gasteiger partial charge in [0.2, 0.25) is 0 Å². The molecule has 0 spiro atoms. The average Bonchev–Trinajstić information content (AvgIpc) is 3.07. The van der Waals surface area contributed by atoms with E-state index in [1.165, 1.54) is 32.1 Å². The molecule has 3 heteroatoms. The van der Waals surface area contributed by atoms with Gasteiger partial charge in [0.1, 0.15) is 0 Å². The van der Waals surface area contributed by atoms with Gasteiger partial charge in [-0.2, -0.15) is 0 Å². The number of rotatable bonds is 5. The fourth-order valence-electron chi connectivity index (χ4n) is 9.70. The fraction of sp³-hybridized carbons (Fsp3) is 0.964. The summed E-state index contributed by atoms with van der Waals surface area (Å²) in [5.74, 6) is 6.03. The largest absolute Gasteiger partial charge is 0.466 e. The molecule has 4 aliphatic carbocycles. The van der Waals surface area contributed by atoms with Crippen molar-refractivity contribution >= 4 is 5.97 Å². The Balaban J connectivity index is 1.54. The number of ether oxygens (including phenoxy) is 1. The Labute approximate surface area is 191 Å². The molecule has 0 saturated heterocycles. The number of carbonyl (C=O) groups excluding carboxylic acids is 1. The van der Waals surface area contributed by atoms with Crippen LogP contribution < -0.4 is 0 Å². The molecule has 178 valence electrons. The first-order valence-corrected chi connectivity index (χ1v) is 13.5. The molecule has 4 rings (SSSR count). The number of hydrogen-bond donors (Lipinski definition) is 1. The van der Waals surface area contributed by atoms with E-state index in [0.717, 1.165) is 54.8 Å². The van der Waals surface area contributed by atoms with Gasteiger partial charge in [0.15, 0.2) is 0 Å². The highest BCUT2D eigenvalue weighted by molar-refractivity contribution is 5.69. The summed E-state index contributed by atoms with van der Waals surface area (Å²) in [5.41, 5.74) is 0.834. The molecule has 0 aromatic carbocycles. The first-order chi connectivity index (χ1) is 14.6. The molecule has 4 saturated carbocycles. The van der Waals surface area contributed by atoms with Crippen molar-refractivity contribution in [1.82, 2.24) is 0 Å². The second-order valence-corrected chi connectivity index (χ2v) is 12.6. The molecule has 1 N–H and O–H groups in total. The molecule has 31 heavy (non-hydrogen) atoms. The average molecular weight is 433 g/mol. The monoisotopic (exact) mass is 432 g/mol. The molecule has 3 nitrogen and oxygen atoms in total. The van der Waals surface area contributed by atoms with E-state index >= 15 is 0 Å². The van der Waals surface area contributed by atoms with Crippen molar-refractivity contribution in [2.75, 3.05) is 6.61 Å². The first kappa shape index (κ1) is 23.6. The van der Waals surface area contributed by atoms with Gasteiger partial charge in [-0.25, -0.2) is 0 Å². The van der Waals surface area contributed by atoms with Gasteiger partial charge in [0, 0.05) is 6.42 Å². The Kier molecular flexibility index (Phi) is 6.58. The number of aliphatic hydroxyl groups is 1. The first-order valence-electron chi connectivity index (χ1n) is 13.5. The summed E-state index contributed by atoms with van der Waals surface area (Å²) in [4.78, 5) is 12.0. The summed E-state index contributed by atoms with van der Waals surface area (Å²) < 4.78 is 5.20. The lowest BCUT2D eigenvalue weighted by molar-refractivity contribution is -0.168. The maximum atomic E-state index is 12.0. The van der Waals surface area contributed by atoms with Crippen LogP contribution in [0.1, 0.15) is 99.3 Å². The van der Waals surface area contributed by atoms with Crippen LogP contribution in [0.2, 0.25) is 0 Å². The zero-order chi connectivity index (χ0) is 22.6. The van der Waals surface area contributed by atoms with E-state index in [4.69, 9.17) is 4.74 Å². The Morgan fingerprint density at radius 1 is 1.10 bits per heavy atom. The van der Waals surface area contributed by atoms with Crippen LogP contribution in [0.15, 0.2) is 0 Å². The van der Waals surface area contributed by atoms with Crippen LogP contribution in [0.5, 0.6) is 0 Å². The lowest BCUT2D eigenvalue weighted by atomic mass is 9.40. The van der Waals surface area contributed by atoms with E-state index in [2.05, 4.69) is 34.6 Å². The van der Waals surface area contributed by atoms with E-state index in [-0.39, 0.29) is 12.1 Å². The van der Waals surface area contributed by atoms with Crippen molar-refractivity contribution in [3.05, 3.63) is 0 Å². The minimum absolute atomic E-state index is 0.0230. The predicted octanol–water partition coefficient (Wildman–Crippen LogP) is 6.48. The molecule has 4 fully saturated rings. The molecule has 0 aromatic rings. The maximum absolute atomic E-state index is 12.0. The van der Waals surface area contributed by atoms with E-state index in [1.54, 1.807) is 0 Å². The Hall–Kier alpha value is -0.570. The molecular formula is C28H48O3. The van der Waals surface area contributed by atoms with Crippen LogP contribution in [-0.2, 0) is 9.53 Å². The minimum Gasteiger partial charge on any atom is -0.466 e. The number of esters is 1. The molecule has 0 radical (unpaired) electrons. The number of fused-ring (bicyclic) bond motifs is 5. The van der Waals surface area contributed by atoms with Gasteiger partial charge in [-0.1, -0.05) is 34.6 Å².